The Labute approximate surface area is 60.1 Å². The molecule has 0 aliphatic carbocycles. The Balaban J connectivity index is 4.02. The fourth-order valence-corrected chi connectivity index (χ4v) is 0. The lowest BCUT2D eigenvalue weighted by Gasteiger charge is -2.29. The first kappa shape index (κ1) is 8.54. The molecule has 0 fully saturated rings. The third kappa shape index (κ3) is 2.21. The third-order valence-electron chi connectivity index (χ3n) is 1.13. The summed E-state index contributed by atoms with van der Waals surface area (Å²) in [6, 6.07) is 0. The van der Waals surface area contributed by atoms with Gasteiger partial charge in [-0.1, -0.05) is 23.2 Å². The van der Waals surface area contributed by atoms with Crippen LogP contribution in [0.25, 0.3) is 0 Å². The van der Waals surface area contributed by atoms with Gasteiger partial charge >= 0.3 is 0 Å². The van der Waals surface area contributed by atoms with Gasteiger partial charge in [0.1, 0.15) is 4.33 Å². The lowest BCUT2D eigenvalue weighted by Crippen LogP contribution is -2.46. The number of nitrogens with two attached hydrogens (primary N) is 1. The summed E-state index contributed by atoms with van der Waals surface area (Å²) in [6.45, 7) is 5.25. The van der Waals surface area contributed by atoms with Gasteiger partial charge in [0, 0.05) is 5.54 Å². The largest absolute Gasteiger partial charge is 0.323 e. The van der Waals surface area contributed by atoms with Crippen molar-refractivity contribution in [2.75, 3.05) is 0 Å². The van der Waals surface area contributed by atoms with Crippen molar-refractivity contribution in [3.63, 3.8) is 0 Å². The molecule has 0 saturated heterocycles. The van der Waals surface area contributed by atoms with E-state index >= 15 is 0 Å². The molecule has 0 amide bonds. The summed E-state index contributed by atoms with van der Waals surface area (Å²) >= 11 is 11.3. The first-order valence-electron chi connectivity index (χ1n) is 2.42. The quantitative estimate of drug-likeness (QED) is 0.576. The van der Waals surface area contributed by atoms with Gasteiger partial charge in [0.25, 0.3) is 0 Å². The molecule has 0 aromatic carbocycles. The van der Waals surface area contributed by atoms with E-state index in [0.29, 0.717) is 0 Å². The molecule has 50 valence electrons. The average molecular weight is 156 g/mol. The second-order valence-electron chi connectivity index (χ2n) is 2.61. The highest BCUT2D eigenvalue weighted by molar-refractivity contribution is 6.49. The highest BCUT2D eigenvalue weighted by Gasteiger charge is 2.33. The molecule has 0 aromatic rings. The molecule has 2 N–H and O–H groups in total. The molecule has 1 nitrogen and oxygen atoms in total. The highest BCUT2D eigenvalue weighted by Crippen LogP contribution is 2.30. The van der Waals surface area contributed by atoms with Crippen LogP contribution in [-0.2, 0) is 0 Å². The number of rotatable bonds is 1. The molecule has 0 heterocycles. The maximum absolute atomic E-state index is 5.65. The number of hydrogen-bond donors (Lipinski definition) is 1. The number of alkyl halides is 2. The fraction of sp³-hybridized carbons (Fsp3) is 1.00. The Hall–Kier alpha value is 0.540. The van der Waals surface area contributed by atoms with Gasteiger partial charge in [-0.15, -0.1) is 0 Å². The lowest BCUT2D eigenvalue weighted by atomic mass is 10.0. The maximum Gasteiger partial charge on any atom is 0.132 e. The Bertz CT molecular complexity index is 65.4. The monoisotopic (exact) mass is 155 g/mol. The van der Waals surface area contributed by atoms with Crippen LogP contribution >= 0.6 is 23.2 Å². The van der Waals surface area contributed by atoms with Crippen LogP contribution < -0.4 is 5.73 Å². The van der Waals surface area contributed by atoms with Crippen molar-refractivity contribution in [3.05, 3.63) is 0 Å². The molecule has 8 heavy (non-hydrogen) atoms. The van der Waals surface area contributed by atoms with Crippen molar-refractivity contribution in [1.82, 2.24) is 0 Å². The van der Waals surface area contributed by atoms with Crippen LogP contribution in [0.15, 0.2) is 0 Å². The van der Waals surface area contributed by atoms with E-state index < -0.39 is 9.87 Å². The summed E-state index contributed by atoms with van der Waals surface area (Å²) in [5.74, 6) is 0. The van der Waals surface area contributed by atoms with Crippen molar-refractivity contribution in [2.45, 2.75) is 30.6 Å². The van der Waals surface area contributed by atoms with E-state index in [9.17, 15) is 0 Å². The molecule has 0 bridgehead atoms. The Morgan fingerprint density at radius 2 is 1.25 bits per heavy atom. The summed E-state index contributed by atoms with van der Waals surface area (Å²) in [7, 11) is 0. The minimum absolute atomic E-state index is 0.532. The highest BCUT2D eigenvalue weighted by atomic mass is 35.5. The Morgan fingerprint density at radius 1 is 1.12 bits per heavy atom. The minimum atomic E-state index is -0.840. The van der Waals surface area contributed by atoms with E-state index in [2.05, 4.69) is 0 Å². The van der Waals surface area contributed by atoms with E-state index in [4.69, 9.17) is 28.9 Å². The van der Waals surface area contributed by atoms with Gasteiger partial charge in [0.15, 0.2) is 0 Å². The summed E-state index contributed by atoms with van der Waals surface area (Å²) < 4.78 is -0.840. The molecule has 0 saturated carbocycles. The third-order valence-corrected chi connectivity index (χ3v) is 2.11. The predicted octanol–water partition coefficient (Wildman–Crippen LogP) is 1.92. The Kier molecular flexibility index (Phi) is 2.19. The predicted molar refractivity (Wildman–Crippen MR) is 38.4 cm³/mol. The lowest BCUT2D eigenvalue weighted by molar-refractivity contribution is 0.473. The second-order valence-corrected chi connectivity index (χ2v) is 4.32. The van der Waals surface area contributed by atoms with E-state index in [0.717, 1.165) is 0 Å². The van der Waals surface area contributed by atoms with Crippen LogP contribution in [0.2, 0.25) is 0 Å². The molecule has 0 aliphatic heterocycles. The van der Waals surface area contributed by atoms with E-state index in [-0.39, 0.29) is 0 Å². The molecular weight excluding hydrogens is 145 g/mol. The van der Waals surface area contributed by atoms with Crippen LogP contribution in [-0.4, -0.2) is 9.87 Å². The SMILES string of the molecule is CC(C)(N)C(C)(Cl)Cl. The van der Waals surface area contributed by atoms with Gasteiger partial charge < -0.3 is 5.73 Å². The van der Waals surface area contributed by atoms with Crippen LogP contribution in [0.5, 0.6) is 0 Å². The van der Waals surface area contributed by atoms with Crippen molar-refractivity contribution >= 4 is 23.2 Å². The van der Waals surface area contributed by atoms with Gasteiger partial charge in [0.05, 0.1) is 0 Å². The van der Waals surface area contributed by atoms with Crippen molar-refractivity contribution in [3.8, 4) is 0 Å². The molecule has 0 aromatic heterocycles. The second kappa shape index (κ2) is 2.05. The van der Waals surface area contributed by atoms with Gasteiger partial charge in [0.2, 0.25) is 0 Å². The summed E-state index contributed by atoms with van der Waals surface area (Å²) in [6.07, 6.45) is 0. The van der Waals surface area contributed by atoms with Gasteiger partial charge in [-0.05, 0) is 20.8 Å². The zero-order valence-corrected chi connectivity index (χ0v) is 6.85. The van der Waals surface area contributed by atoms with Crippen LogP contribution in [0.4, 0.5) is 0 Å². The minimum Gasteiger partial charge on any atom is -0.323 e. The van der Waals surface area contributed by atoms with Crippen LogP contribution in [0, 0.1) is 0 Å². The van der Waals surface area contributed by atoms with Crippen LogP contribution in [0.1, 0.15) is 20.8 Å². The standard InChI is InChI=1S/C5H11Cl2N/c1-4(2,8)5(3,6)7/h8H2,1-3H3. The molecule has 0 aliphatic rings. The van der Waals surface area contributed by atoms with Crippen molar-refractivity contribution in [1.29, 1.82) is 0 Å². The van der Waals surface area contributed by atoms with Crippen molar-refractivity contribution < 1.29 is 0 Å². The summed E-state index contributed by atoms with van der Waals surface area (Å²) in [4.78, 5) is 0. The smallest absolute Gasteiger partial charge is 0.132 e. The zero-order chi connectivity index (χ0) is 7.00. The number of halogens is 2. The van der Waals surface area contributed by atoms with Crippen LogP contribution in [0.3, 0.4) is 0 Å². The topological polar surface area (TPSA) is 26.0 Å². The van der Waals surface area contributed by atoms with E-state index in [1.165, 1.54) is 0 Å². The van der Waals surface area contributed by atoms with Gasteiger partial charge in [-0.2, -0.15) is 0 Å². The first-order valence-corrected chi connectivity index (χ1v) is 3.17. The zero-order valence-electron chi connectivity index (χ0n) is 5.33. The van der Waals surface area contributed by atoms with E-state index in [1.54, 1.807) is 20.8 Å². The molecule has 0 rings (SSSR count). The maximum atomic E-state index is 5.65. The molecule has 0 unspecified atom stereocenters. The normalized spacial score (nSPS) is 14.2. The molecule has 3 heteroatoms. The average Bonchev–Trinajstić information content (AvgIpc) is 1.25. The molecule has 0 atom stereocenters. The van der Waals surface area contributed by atoms with Crippen molar-refractivity contribution in [2.24, 2.45) is 5.73 Å². The molecular formula is C5H11Cl2N. The Morgan fingerprint density at radius 3 is 1.25 bits per heavy atom. The molecule has 0 radical (unpaired) electrons. The van der Waals surface area contributed by atoms with Gasteiger partial charge in [-0.25, -0.2) is 0 Å². The summed E-state index contributed by atoms with van der Waals surface area (Å²) in [5, 5.41) is 0. The summed E-state index contributed by atoms with van der Waals surface area (Å²) in [5.41, 5.74) is 5.02. The first-order chi connectivity index (χ1) is 3.25. The number of hydrogen-bond acceptors (Lipinski definition) is 1. The molecule has 0 spiro atoms. The van der Waals surface area contributed by atoms with E-state index in [1.807, 2.05) is 0 Å². The fourth-order valence-electron chi connectivity index (χ4n) is 0. The van der Waals surface area contributed by atoms with Gasteiger partial charge in [-0.3, -0.25) is 0 Å².